The summed E-state index contributed by atoms with van der Waals surface area (Å²) in [5.74, 6) is -13.6. The van der Waals surface area contributed by atoms with Crippen molar-refractivity contribution in [2.24, 2.45) is 35.3 Å². The van der Waals surface area contributed by atoms with Crippen LogP contribution in [0.2, 0.25) is 0 Å². The highest BCUT2D eigenvalue weighted by Gasteiger charge is 2.74. The van der Waals surface area contributed by atoms with Gasteiger partial charge in [-0.3, -0.25) is 33.7 Å². The van der Waals surface area contributed by atoms with Gasteiger partial charge in [-0.05, 0) is 50.4 Å². The van der Waals surface area contributed by atoms with Crippen LogP contribution < -0.4 is 5.73 Å². The fourth-order valence-electron chi connectivity index (χ4n) is 7.72. The number of likely N-dealkylation sites (N-methyl/N-ethyl adjacent to an activating group) is 1. The van der Waals surface area contributed by atoms with E-state index in [0.29, 0.717) is 5.56 Å². The monoisotopic (exact) mass is 554 g/mol. The van der Waals surface area contributed by atoms with Crippen LogP contribution in [0, 0.1) is 29.6 Å². The molecule has 0 aliphatic heterocycles. The number of nitrogens with two attached hydrogens (primary N) is 1. The first-order chi connectivity index (χ1) is 18.8. The van der Waals surface area contributed by atoms with Crippen LogP contribution in [0.1, 0.15) is 60.9 Å². The fourth-order valence-corrected chi connectivity index (χ4v) is 7.72. The number of hydrogen-bond donors (Lipinski definition) is 3. The molecule has 11 nitrogen and oxygen atoms in total. The zero-order valence-electron chi connectivity index (χ0n) is 22.7. The average molecular weight is 555 g/mol. The van der Waals surface area contributed by atoms with Gasteiger partial charge in [0.05, 0.1) is 23.4 Å². The van der Waals surface area contributed by atoms with Crippen LogP contribution >= 0.6 is 0 Å². The minimum Gasteiger partial charge on any atom is -0.507 e. The SMILES string of the molecule is C[C@H]1c2cccc(O)c2C(=O)C2C(=O)[C@]3(O)C(=O)C(C(N)=O)C(=O)[C@@H](N(C)C)[C@@H]3[C@@H](OC(=O)CC3CCCC3)[C@@H]21. The average Bonchev–Trinajstić information content (AvgIpc) is 3.38. The molecule has 4 aliphatic carbocycles. The molecule has 11 heteroatoms. The Bertz CT molecular complexity index is 1320. The number of Topliss-reactive ketones (excluding diaryl/α,β-unsaturated/α-hetero) is 4. The van der Waals surface area contributed by atoms with Crippen molar-refractivity contribution in [3.8, 4) is 5.75 Å². The van der Waals surface area contributed by atoms with Gasteiger partial charge in [-0.1, -0.05) is 31.9 Å². The summed E-state index contributed by atoms with van der Waals surface area (Å²) in [5, 5.41) is 22.6. The van der Waals surface area contributed by atoms with Crippen molar-refractivity contribution in [3.63, 3.8) is 0 Å². The quantitative estimate of drug-likeness (QED) is 0.343. The lowest BCUT2D eigenvalue weighted by atomic mass is 9.49. The van der Waals surface area contributed by atoms with Crippen LogP contribution in [0.25, 0.3) is 0 Å². The molecule has 1 aromatic carbocycles. The molecule has 0 spiro atoms. The number of hydrogen-bond acceptors (Lipinski definition) is 10. The lowest BCUT2D eigenvalue weighted by molar-refractivity contribution is -0.206. The highest BCUT2D eigenvalue weighted by Crippen LogP contribution is 2.55. The van der Waals surface area contributed by atoms with E-state index in [1.807, 2.05) is 0 Å². The number of nitrogens with zero attached hydrogens (tertiary/aromatic N) is 1. The Kier molecular flexibility index (Phi) is 6.94. The maximum Gasteiger partial charge on any atom is 0.306 e. The molecule has 1 aromatic rings. The third-order valence-electron chi connectivity index (χ3n) is 9.52. The van der Waals surface area contributed by atoms with E-state index >= 15 is 0 Å². The van der Waals surface area contributed by atoms with E-state index in [0.717, 1.165) is 25.7 Å². The molecule has 0 heterocycles. The van der Waals surface area contributed by atoms with Gasteiger partial charge in [-0.25, -0.2) is 0 Å². The number of ether oxygens (including phenoxy) is 1. The maximum atomic E-state index is 14.2. The Morgan fingerprint density at radius 3 is 2.35 bits per heavy atom. The van der Waals surface area contributed by atoms with Gasteiger partial charge in [0.25, 0.3) is 0 Å². The van der Waals surface area contributed by atoms with Crippen LogP contribution in [0.15, 0.2) is 18.2 Å². The van der Waals surface area contributed by atoms with E-state index in [2.05, 4.69) is 0 Å². The summed E-state index contributed by atoms with van der Waals surface area (Å²) >= 11 is 0. The van der Waals surface area contributed by atoms with Crippen molar-refractivity contribution >= 4 is 35.0 Å². The first kappa shape index (κ1) is 28.1. The smallest absolute Gasteiger partial charge is 0.306 e. The molecule has 214 valence electrons. The molecule has 0 aromatic heterocycles. The van der Waals surface area contributed by atoms with Gasteiger partial charge in [0.2, 0.25) is 5.91 Å². The second-order valence-corrected chi connectivity index (χ2v) is 11.9. The molecule has 0 radical (unpaired) electrons. The number of phenols is 1. The Hall–Kier alpha value is -3.44. The largest absolute Gasteiger partial charge is 0.507 e. The van der Waals surface area contributed by atoms with Crippen LogP contribution in [0.5, 0.6) is 5.75 Å². The number of fused-ring (bicyclic) bond motifs is 3. The summed E-state index contributed by atoms with van der Waals surface area (Å²) in [6.07, 6.45) is 2.31. The zero-order chi connectivity index (χ0) is 29.3. The highest BCUT2D eigenvalue weighted by atomic mass is 16.5. The number of amides is 1. The number of phenolic OH excluding ortho intramolecular Hbond substituents is 1. The van der Waals surface area contributed by atoms with Gasteiger partial charge in [0, 0.05) is 12.3 Å². The second-order valence-electron chi connectivity index (χ2n) is 11.9. The summed E-state index contributed by atoms with van der Waals surface area (Å²) in [5.41, 5.74) is 2.70. The van der Waals surface area contributed by atoms with Crippen LogP contribution in [0.4, 0.5) is 0 Å². The minimum absolute atomic E-state index is 0.0745. The van der Waals surface area contributed by atoms with Crippen LogP contribution in [-0.2, 0) is 28.7 Å². The van der Waals surface area contributed by atoms with Crippen molar-refractivity contribution in [2.75, 3.05) is 14.1 Å². The third-order valence-corrected chi connectivity index (χ3v) is 9.52. The van der Waals surface area contributed by atoms with Crippen molar-refractivity contribution < 1.29 is 43.7 Å². The summed E-state index contributed by atoms with van der Waals surface area (Å²) in [6, 6.07) is 3.07. The minimum atomic E-state index is -3.01. The zero-order valence-corrected chi connectivity index (χ0v) is 22.7. The number of primary amides is 1. The molecule has 4 aliphatic rings. The van der Waals surface area contributed by atoms with E-state index in [4.69, 9.17) is 10.5 Å². The van der Waals surface area contributed by atoms with Gasteiger partial charge in [-0.2, -0.15) is 0 Å². The van der Waals surface area contributed by atoms with Gasteiger partial charge >= 0.3 is 5.97 Å². The molecule has 0 saturated heterocycles. The number of ketones is 4. The second kappa shape index (κ2) is 9.88. The molecular weight excluding hydrogens is 520 g/mol. The first-order valence-electron chi connectivity index (χ1n) is 13.7. The number of aromatic hydroxyl groups is 1. The number of rotatable bonds is 5. The van der Waals surface area contributed by atoms with Gasteiger partial charge in [0.15, 0.2) is 34.7 Å². The van der Waals surface area contributed by atoms with E-state index < -0.39 is 82.3 Å². The van der Waals surface area contributed by atoms with Crippen molar-refractivity contribution in [3.05, 3.63) is 29.3 Å². The maximum absolute atomic E-state index is 14.2. The molecule has 4 N–H and O–H groups in total. The lowest BCUT2D eigenvalue weighted by Gasteiger charge is -2.56. The predicted octanol–water partition coefficient (Wildman–Crippen LogP) is 0.530. The van der Waals surface area contributed by atoms with Crippen molar-refractivity contribution in [2.45, 2.75) is 62.7 Å². The van der Waals surface area contributed by atoms with Gasteiger partial charge in [-0.15, -0.1) is 0 Å². The third kappa shape index (κ3) is 3.93. The number of aliphatic hydroxyl groups is 1. The summed E-state index contributed by atoms with van der Waals surface area (Å²) in [7, 11) is 2.96. The Morgan fingerprint density at radius 2 is 1.75 bits per heavy atom. The topological polar surface area (TPSA) is 181 Å². The Morgan fingerprint density at radius 1 is 1.10 bits per heavy atom. The molecule has 3 saturated carbocycles. The summed E-state index contributed by atoms with van der Waals surface area (Å²) in [4.78, 5) is 82.2. The summed E-state index contributed by atoms with van der Waals surface area (Å²) < 4.78 is 6.03. The summed E-state index contributed by atoms with van der Waals surface area (Å²) in [6.45, 7) is 1.71. The highest BCUT2D eigenvalue weighted by molar-refractivity contribution is 6.32. The van der Waals surface area contributed by atoms with E-state index in [1.54, 1.807) is 19.1 Å². The standard InChI is InChI=1S/C29H34N2O9/c1-12-14-9-6-10-15(32)18(14)23(34)19-17(12)25(40-16(33)11-13-7-4-5-8-13)21-22(31(2)3)24(35)20(28(30)38)27(37)29(21,39)26(19)36/h6,9-10,12-13,17,19-22,25,32,39H,4-5,7-8,11H2,1-3H3,(H2,30,38)/t12-,17+,19?,20?,21+,22-,25-,29-/m0/s1. The Labute approximate surface area is 231 Å². The molecule has 5 rings (SSSR count). The number of esters is 1. The molecule has 2 unspecified atom stereocenters. The molecule has 3 fully saturated rings. The molecule has 8 atom stereocenters. The number of carbonyl (C=O) groups excluding carboxylic acids is 6. The fraction of sp³-hybridized carbons (Fsp3) is 0.586. The molecule has 40 heavy (non-hydrogen) atoms. The van der Waals surface area contributed by atoms with E-state index in [-0.39, 0.29) is 23.7 Å². The normalized spacial score (nSPS) is 35.8. The number of carbonyl (C=O) groups is 6. The first-order valence-corrected chi connectivity index (χ1v) is 13.7. The lowest BCUT2D eigenvalue weighted by Crippen LogP contribution is -2.78. The van der Waals surface area contributed by atoms with Gasteiger partial charge in [0.1, 0.15) is 11.9 Å². The molecule has 0 bridgehead atoms. The van der Waals surface area contributed by atoms with E-state index in [1.165, 1.54) is 25.1 Å². The number of benzene rings is 1. The molecular formula is C29H34N2O9. The van der Waals surface area contributed by atoms with E-state index in [9.17, 15) is 39.0 Å². The van der Waals surface area contributed by atoms with Crippen molar-refractivity contribution in [1.29, 1.82) is 0 Å². The van der Waals surface area contributed by atoms with Crippen LogP contribution in [-0.4, -0.2) is 82.0 Å². The predicted molar refractivity (Wildman–Crippen MR) is 138 cm³/mol. The van der Waals surface area contributed by atoms with Crippen molar-refractivity contribution in [1.82, 2.24) is 4.90 Å². The Balaban J connectivity index is 1.70. The molecule has 1 amide bonds. The van der Waals surface area contributed by atoms with Crippen LogP contribution in [0.3, 0.4) is 0 Å². The van der Waals surface area contributed by atoms with Gasteiger partial charge < -0.3 is 20.7 Å².